The maximum absolute atomic E-state index is 12.7. The van der Waals surface area contributed by atoms with E-state index in [0.29, 0.717) is 22.7 Å². The van der Waals surface area contributed by atoms with Crippen molar-refractivity contribution in [2.75, 3.05) is 45.1 Å². The van der Waals surface area contributed by atoms with E-state index in [-0.39, 0.29) is 18.1 Å². The lowest BCUT2D eigenvalue weighted by Crippen LogP contribution is -2.53. The largest absolute Gasteiger partial charge is 0.391 e. The first-order valence-electron chi connectivity index (χ1n) is 9.80. The highest BCUT2D eigenvalue weighted by Crippen LogP contribution is 2.38. The lowest BCUT2D eigenvalue weighted by Gasteiger charge is -2.43. The Kier molecular flexibility index (Phi) is 5.96. The highest BCUT2D eigenvalue weighted by Gasteiger charge is 2.44. The minimum absolute atomic E-state index is 0.150. The van der Waals surface area contributed by atoms with Crippen molar-refractivity contribution in [2.45, 2.75) is 37.1 Å². The zero-order valence-corrected chi connectivity index (χ0v) is 16.6. The molecule has 0 aromatic carbocycles. The van der Waals surface area contributed by atoms with Gasteiger partial charge in [0.1, 0.15) is 0 Å². The van der Waals surface area contributed by atoms with Crippen molar-refractivity contribution in [3.63, 3.8) is 0 Å². The van der Waals surface area contributed by atoms with Crippen molar-refractivity contribution in [3.8, 4) is 0 Å². The summed E-state index contributed by atoms with van der Waals surface area (Å²) in [6.07, 6.45) is 3.20. The molecule has 0 spiro atoms. The predicted molar refractivity (Wildman–Crippen MR) is 102 cm³/mol. The first-order valence-corrected chi connectivity index (χ1v) is 10.8. The van der Waals surface area contributed by atoms with Crippen LogP contribution in [-0.2, 0) is 9.53 Å². The number of likely N-dealkylation sites (tertiary alicyclic amines) is 1. The molecule has 148 valence electrons. The number of morpholine rings is 1. The van der Waals surface area contributed by atoms with Crippen LogP contribution in [0.4, 0.5) is 0 Å². The van der Waals surface area contributed by atoms with E-state index >= 15 is 0 Å². The van der Waals surface area contributed by atoms with Gasteiger partial charge in [-0.3, -0.25) is 9.69 Å². The van der Waals surface area contributed by atoms with Crippen molar-refractivity contribution in [3.05, 3.63) is 18.0 Å². The van der Waals surface area contributed by atoms with Crippen LogP contribution in [0.1, 0.15) is 18.5 Å². The number of ether oxygens (including phenoxy) is 1. The van der Waals surface area contributed by atoms with Crippen LogP contribution in [0.5, 0.6) is 0 Å². The van der Waals surface area contributed by atoms with E-state index in [0.717, 1.165) is 57.9 Å². The number of hydrogen-bond donors (Lipinski definition) is 1. The van der Waals surface area contributed by atoms with Gasteiger partial charge in [0.05, 0.1) is 25.1 Å². The third kappa shape index (κ3) is 4.45. The second-order valence-electron chi connectivity index (χ2n) is 7.84. The second-order valence-corrected chi connectivity index (χ2v) is 8.79. The summed E-state index contributed by atoms with van der Waals surface area (Å²) < 4.78 is 5.44. The van der Waals surface area contributed by atoms with E-state index in [1.807, 2.05) is 17.9 Å². The number of aromatic nitrogens is 2. The first kappa shape index (κ1) is 19.1. The molecular weight excluding hydrogens is 364 g/mol. The maximum Gasteiger partial charge on any atom is 0.233 e. The normalized spacial score (nSPS) is 31.7. The highest BCUT2D eigenvalue weighted by atomic mass is 32.2. The molecule has 8 heteroatoms. The van der Waals surface area contributed by atoms with Gasteiger partial charge in [0.2, 0.25) is 5.91 Å². The van der Waals surface area contributed by atoms with Crippen LogP contribution in [0.3, 0.4) is 0 Å². The predicted octanol–water partition coefficient (Wildman–Crippen LogP) is 0.807. The van der Waals surface area contributed by atoms with Gasteiger partial charge in [-0.05, 0) is 37.7 Å². The number of rotatable bonds is 4. The minimum Gasteiger partial charge on any atom is -0.391 e. The Labute approximate surface area is 164 Å². The average Bonchev–Trinajstić information content (AvgIpc) is 3.09. The van der Waals surface area contributed by atoms with Crippen molar-refractivity contribution in [1.29, 1.82) is 0 Å². The molecule has 2 saturated heterocycles. The minimum atomic E-state index is -0.297. The molecule has 1 amide bonds. The van der Waals surface area contributed by atoms with Crippen LogP contribution >= 0.6 is 11.8 Å². The fourth-order valence-electron chi connectivity index (χ4n) is 4.63. The van der Waals surface area contributed by atoms with Crippen molar-refractivity contribution in [1.82, 2.24) is 19.8 Å². The number of aliphatic hydroxyl groups is 1. The maximum atomic E-state index is 12.7. The number of aryl methyl sites for hydroxylation is 1. The zero-order valence-electron chi connectivity index (χ0n) is 15.8. The highest BCUT2D eigenvalue weighted by molar-refractivity contribution is 7.99. The summed E-state index contributed by atoms with van der Waals surface area (Å²) in [5.74, 6) is 1.43. The number of hydrogen-bond acceptors (Lipinski definition) is 7. The number of carbonyl (C=O) groups excluding carboxylic acids is 1. The van der Waals surface area contributed by atoms with Gasteiger partial charge in [-0.1, -0.05) is 11.8 Å². The summed E-state index contributed by atoms with van der Waals surface area (Å²) in [7, 11) is 0. The van der Waals surface area contributed by atoms with Gasteiger partial charge in [-0.15, -0.1) is 0 Å². The molecule has 0 unspecified atom stereocenters. The Hall–Kier alpha value is -1.22. The number of aliphatic hydroxyl groups excluding tert-OH is 1. The zero-order chi connectivity index (χ0) is 18.8. The monoisotopic (exact) mass is 392 g/mol. The fourth-order valence-corrected chi connectivity index (χ4v) is 5.40. The molecule has 3 heterocycles. The lowest BCUT2D eigenvalue weighted by atomic mass is 9.77. The van der Waals surface area contributed by atoms with Crippen LogP contribution in [0, 0.1) is 18.8 Å². The Bertz CT molecular complexity index is 670. The summed E-state index contributed by atoms with van der Waals surface area (Å²) in [5, 5.41) is 11.3. The van der Waals surface area contributed by atoms with Crippen LogP contribution in [0.2, 0.25) is 0 Å². The standard InChI is InChI=1S/C19H28N4O3S/c1-13-2-3-20-19(21-13)27-12-18(25)23-10-14-8-16(17(24)9-15(14)11-23)22-4-6-26-7-5-22/h2-3,14-17,24H,4-12H2,1H3/t14-,15+,16-,17-/m1/s1. The summed E-state index contributed by atoms with van der Waals surface area (Å²) >= 11 is 1.40. The summed E-state index contributed by atoms with van der Waals surface area (Å²) in [6.45, 7) is 6.80. The molecule has 4 rings (SSSR count). The summed E-state index contributed by atoms with van der Waals surface area (Å²) in [4.78, 5) is 25.6. The first-order chi connectivity index (χ1) is 13.1. The number of fused-ring (bicyclic) bond motifs is 1. The van der Waals surface area contributed by atoms with Gasteiger partial charge in [-0.2, -0.15) is 0 Å². The SMILES string of the molecule is Cc1ccnc(SCC(=O)N2C[C@H]3C[C@@H](N4CCOCC4)[C@H](O)C[C@H]3C2)n1. The molecule has 1 N–H and O–H groups in total. The fraction of sp³-hybridized carbons (Fsp3) is 0.737. The van der Waals surface area contributed by atoms with Crippen molar-refractivity contribution >= 4 is 17.7 Å². The topological polar surface area (TPSA) is 78.8 Å². The summed E-state index contributed by atoms with van der Waals surface area (Å²) in [6, 6.07) is 2.06. The Morgan fingerprint density at radius 3 is 2.78 bits per heavy atom. The molecule has 0 bridgehead atoms. The number of carbonyl (C=O) groups is 1. The van der Waals surface area contributed by atoms with Gasteiger partial charge in [-0.25, -0.2) is 9.97 Å². The molecule has 1 aliphatic carbocycles. The number of amides is 1. The Balaban J connectivity index is 1.31. The lowest BCUT2D eigenvalue weighted by molar-refractivity contribution is -0.127. The number of nitrogens with zero attached hydrogens (tertiary/aromatic N) is 4. The van der Waals surface area contributed by atoms with Gasteiger partial charge < -0.3 is 14.7 Å². The van der Waals surface area contributed by atoms with Gasteiger partial charge >= 0.3 is 0 Å². The van der Waals surface area contributed by atoms with E-state index in [1.54, 1.807) is 6.20 Å². The van der Waals surface area contributed by atoms with E-state index < -0.39 is 0 Å². The average molecular weight is 393 g/mol. The third-order valence-corrected chi connectivity index (χ3v) is 6.92. The molecule has 3 fully saturated rings. The van der Waals surface area contributed by atoms with Crippen LogP contribution in [-0.4, -0.2) is 88.1 Å². The quantitative estimate of drug-likeness (QED) is 0.600. The Morgan fingerprint density at radius 2 is 2.04 bits per heavy atom. The van der Waals surface area contributed by atoms with Gasteiger partial charge in [0.15, 0.2) is 5.16 Å². The van der Waals surface area contributed by atoms with Gasteiger partial charge in [0.25, 0.3) is 0 Å². The molecule has 1 aromatic heterocycles. The van der Waals surface area contributed by atoms with E-state index in [2.05, 4.69) is 14.9 Å². The molecule has 1 aromatic rings. The molecule has 1 saturated carbocycles. The van der Waals surface area contributed by atoms with Gasteiger partial charge in [0, 0.05) is 44.1 Å². The van der Waals surface area contributed by atoms with Crippen molar-refractivity contribution in [2.24, 2.45) is 11.8 Å². The number of thioether (sulfide) groups is 1. The second kappa shape index (κ2) is 8.43. The third-order valence-electron chi connectivity index (χ3n) is 6.07. The molecular formula is C19H28N4O3S. The molecule has 7 nitrogen and oxygen atoms in total. The summed E-state index contributed by atoms with van der Waals surface area (Å²) in [5.41, 5.74) is 0.912. The molecule has 0 radical (unpaired) electrons. The smallest absolute Gasteiger partial charge is 0.233 e. The van der Waals surface area contributed by atoms with Crippen LogP contribution < -0.4 is 0 Å². The van der Waals surface area contributed by atoms with E-state index in [4.69, 9.17) is 4.74 Å². The van der Waals surface area contributed by atoms with Crippen LogP contribution in [0.15, 0.2) is 17.4 Å². The molecule has 2 aliphatic heterocycles. The van der Waals surface area contributed by atoms with E-state index in [1.165, 1.54) is 11.8 Å². The Morgan fingerprint density at radius 1 is 1.30 bits per heavy atom. The van der Waals surface area contributed by atoms with Crippen LogP contribution in [0.25, 0.3) is 0 Å². The molecule has 4 atom stereocenters. The molecule has 27 heavy (non-hydrogen) atoms. The van der Waals surface area contributed by atoms with Crippen molar-refractivity contribution < 1.29 is 14.6 Å². The van der Waals surface area contributed by atoms with E-state index in [9.17, 15) is 9.90 Å². The molecule has 3 aliphatic rings.